The maximum atomic E-state index is 11.8. The third-order valence-corrected chi connectivity index (χ3v) is 0.818. The van der Waals surface area contributed by atoms with E-state index in [9.17, 15) is 13.2 Å². The van der Waals surface area contributed by atoms with Crippen LogP contribution in [0.5, 0.6) is 0 Å². The van der Waals surface area contributed by atoms with Crippen LogP contribution < -0.4 is 0 Å². The lowest BCUT2D eigenvalue weighted by Crippen LogP contribution is -2.13. The molecule has 0 aliphatic heterocycles. The van der Waals surface area contributed by atoms with Crippen molar-refractivity contribution in [3.63, 3.8) is 0 Å². The Kier molecular flexibility index (Phi) is 1.48. The number of rotatable bonds is 0. The first-order chi connectivity index (χ1) is 5.05. The Morgan fingerprint density at radius 3 is 2.45 bits per heavy atom. The highest BCUT2D eigenvalue weighted by atomic mass is 19.4. The third-order valence-electron chi connectivity index (χ3n) is 0.818. The van der Waals surface area contributed by atoms with Crippen LogP contribution >= 0.6 is 0 Å². The van der Waals surface area contributed by atoms with E-state index in [0.717, 1.165) is 6.19 Å². The Hall–Kier alpha value is -1.65. The van der Waals surface area contributed by atoms with Crippen molar-refractivity contribution in [3.8, 4) is 6.19 Å². The van der Waals surface area contributed by atoms with Gasteiger partial charge in [0, 0.05) is 0 Å². The summed E-state index contributed by atoms with van der Waals surface area (Å²) >= 11 is 0. The van der Waals surface area contributed by atoms with E-state index in [4.69, 9.17) is 5.26 Å². The Morgan fingerprint density at radius 1 is 1.45 bits per heavy atom. The summed E-state index contributed by atoms with van der Waals surface area (Å²) in [5.74, 6) is -1.42. The highest BCUT2D eigenvalue weighted by molar-refractivity contribution is 4.93. The molecule has 1 heterocycles. The summed E-state index contributed by atoms with van der Waals surface area (Å²) in [6.07, 6.45) is -3.54. The normalized spacial score (nSPS) is 11.1. The number of hydrogen-bond donors (Lipinski definition) is 0. The van der Waals surface area contributed by atoms with Gasteiger partial charge in [0.25, 0.3) is 5.82 Å². The van der Waals surface area contributed by atoms with Crippen molar-refractivity contribution in [2.24, 2.45) is 0 Å². The van der Waals surface area contributed by atoms with Gasteiger partial charge in [-0.15, -0.1) is 9.78 Å². The number of aromatic nitrogens is 4. The Morgan fingerprint density at radius 2 is 2.09 bits per heavy atom. The van der Waals surface area contributed by atoms with Gasteiger partial charge in [0.2, 0.25) is 6.19 Å². The van der Waals surface area contributed by atoms with E-state index in [1.165, 1.54) is 0 Å². The van der Waals surface area contributed by atoms with Crippen LogP contribution in [0.3, 0.4) is 0 Å². The topological polar surface area (TPSA) is 67.4 Å². The van der Waals surface area contributed by atoms with Crippen LogP contribution in [-0.4, -0.2) is 20.2 Å². The molecule has 5 nitrogen and oxygen atoms in total. The summed E-state index contributed by atoms with van der Waals surface area (Å²) in [5.41, 5.74) is 0. The Bertz CT molecular complexity index is 293. The van der Waals surface area contributed by atoms with Gasteiger partial charge in [0.1, 0.15) is 0 Å². The average molecular weight is 163 g/mol. The van der Waals surface area contributed by atoms with Crippen LogP contribution in [-0.2, 0) is 6.18 Å². The largest absolute Gasteiger partial charge is 0.454 e. The molecule has 58 valence electrons. The molecule has 0 radical (unpaired) electrons. The molecule has 0 spiro atoms. The van der Waals surface area contributed by atoms with Gasteiger partial charge in [0.15, 0.2) is 0 Å². The van der Waals surface area contributed by atoms with Crippen LogP contribution in [0, 0.1) is 11.5 Å². The molecule has 11 heavy (non-hydrogen) atoms. The highest BCUT2D eigenvalue weighted by Gasteiger charge is 2.38. The van der Waals surface area contributed by atoms with Gasteiger partial charge in [-0.25, -0.2) is 0 Å². The maximum Gasteiger partial charge on any atom is 0.454 e. The van der Waals surface area contributed by atoms with Crippen molar-refractivity contribution in [1.29, 1.82) is 5.26 Å². The maximum absolute atomic E-state index is 11.8. The van der Waals surface area contributed by atoms with E-state index in [1.54, 1.807) is 0 Å². The molecule has 0 aliphatic carbocycles. The first-order valence-corrected chi connectivity index (χ1v) is 2.31. The fourth-order valence-corrected chi connectivity index (χ4v) is 0.431. The second-order valence-electron chi connectivity index (χ2n) is 1.51. The van der Waals surface area contributed by atoms with Crippen LogP contribution in [0.25, 0.3) is 0 Å². The van der Waals surface area contributed by atoms with E-state index >= 15 is 0 Å². The van der Waals surface area contributed by atoms with Crippen molar-refractivity contribution in [3.05, 3.63) is 5.82 Å². The van der Waals surface area contributed by atoms with Gasteiger partial charge in [0.05, 0.1) is 0 Å². The summed E-state index contributed by atoms with van der Waals surface area (Å²) in [4.78, 5) is 0. The van der Waals surface area contributed by atoms with Crippen molar-refractivity contribution in [2.45, 2.75) is 6.18 Å². The van der Waals surface area contributed by atoms with Crippen molar-refractivity contribution in [2.75, 3.05) is 0 Å². The molecular weight excluding hydrogens is 163 g/mol. The highest BCUT2D eigenvalue weighted by Crippen LogP contribution is 2.25. The van der Waals surface area contributed by atoms with Crippen molar-refractivity contribution in [1.82, 2.24) is 20.2 Å². The molecule has 0 aliphatic rings. The molecule has 0 aromatic carbocycles. The van der Waals surface area contributed by atoms with E-state index in [1.807, 2.05) is 0 Å². The van der Waals surface area contributed by atoms with Gasteiger partial charge >= 0.3 is 6.18 Å². The minimum absolute atomic E-state index is 0. The molecule has 0 bridgehead atoms. The molecular formula is C3F3N5. The monoisotopic (exact) mass is 163 g/mol. The van der Waals surface area contributed by atoms with Gasteiger partial charge in [-0.1, -0.05) is 0 Å². The fraction of sp³-hybridized carbons (Fsp3) is 0.333. The van der Waals surface area contributed by atoms with Gasteiger partial charge < -0.3 is 0 Å². The molecule has 0 fully saturated rings. The Labute approximate surface area is 58.0 Å². The lowest BCUT2D eigenvalue weighted by atomic mass is 10.6. The molecule has 1 aromatic rings. The standard InChI is InChI=1S/C3F3N5/c4-3(5,6)2-8-9-10-11(2)1-7. The van der Waals surface area contributed by atoms with Gasteiger partial charge in [-0.05, 0) is 10.4 Å². The first-order valence-electron chi connectivity index (χ1n) is 2.31. The molecule has 0 amide bonds. The minimum atomic E-state index is -4.68. The quantitative estimate of drug-likeness (QED) is 0.540. The summed E-state index contributed by atoms with van der Waals surface area (Å²) in [7, 11) is 0. The molecule has 0 atom stereocenters. The SMILES string of the molecule is N#Cn1nnnc1C(F)(F)F. The summed E-state index contributed by atoms with van der Waals surface area (Å²) in [5, 5.41) is 16.1. The average Bonchev–Trinajstić information content (AvgIpc) is 2.31. The second kappa shape index (κ2) is 2.19. The number of tetrazole rings is 1. The fourth-order valence-electron chi connectivity index (χ4n) is 0.431. The number of hydrogen-bond acceptors (Lipinski definition) is 4. The van der Waals surface area contributed by atoms with E-state index in [-0.39, 0.29) is 4.68 Å². The van der Waals surface area contributed by atoms with Gasteiger partial charge in [-0.3, -0.25) is 0 Å². The summed E-state index contributed by atoms with van der Waals surface area (Å²) < 4.78 is 35.3. The van der Waals surface area contributed by atoms with Gasteiger partial charge in [-0.2, -0.15) is 18.4 Å². The van der Waals surface area contributed by atoms with E-state index in [2.05, 4.69) is 15.5 Å². The summed E-state index contributed by atoms with van der Waals surface area (Å²) in [6.45, 7) is 0. The lowest BCUT2D eigenvalue weighted by Gasteiger charge is -1.99. The number of nitriles is 1. The molecule has 1 aromatic heterocycles. The zero-order valence-electron chi connectivity index (χ0n) is 4.87. The Balaban J connectivity index is 3.15. The number of halogens is 3. The first kappa shape index (κ1) is 7.46. The minimum Gasteiger partial charge on any atom is -0.170 e. The van der Waals surface area contributed by atoms with E-state index in [0.29, 0.717) is 0 Å². The molecule has 8 heteroatoms. The number of nitrogens with zero attached hydrogens (tertiary/aromatic N) is 5. The zero-order valence-corrected chi connectivity index (χ0v) is 4.87. The molecule has 0 unspecified atom stereocenters. The third kappa shape index (κ3) is 1.26. The zero-order chi connectivity index (χ0) is 8.48. The molecule has 1 rings (SSSR count). The molecule has 0 saturated heterocycles. The second-order valence-corrected chi connectivity index (χ2v) is 1.51. The van der Waals surface area contributed by atoms with Crippen LogP contribution in [0.15, 0.2) is 0 Å². The van der Waals surface area contributed by atoms with Crippen molar-refractivity contribution < 1.29 is 13.2 Å². The lowest BCUT2D eigenvalue weighted by molar-refractivity contribution is -0.146. The predicted octanol–water partition coefficient (Wildman–Crippen LogP) is 0.0211. The smallest absolute Gasteiger partial charge is 0.170 e. The van der Waals surface area contributed by atoms with Crippen molar-refractivity contribution >= 4 is 0 Å². The van der Waals surface area contributed by atoms with Crippen LogP contribution in [0.1, 0.15) is 5.82 Å². The van der Waals surface area contributed by atoms with E-state index < -0.39 is 12.0 Å². The number of alkyl halides is 3. The summed E-state index contributed by atoms with van der Waals surface area (Å²) in [6, 6.07) is 0. The molecule has 0 saturated carbocycles. The predicted molar refractivity (Wildman–Crippen MR) is 23.8 cm³/mol. The molecule has 0 N–H and O–H groups in total. The van der Waals surface area contributed by atoms with Crippen LogP contribution in [0.2, 0.25) is 0 Å². The van der Waals surface area contributed by atoms with Crippen LogP contribution in [0.4, 0.5) is 13.2 Å².